The average molecular weight is 337 g/mol. The van der Waals surface area contributed by atoms with Crippen molar-refractivity contribution in [2.75, 3.05) is 20.3 Å². The molecule has 1 aliphatic rings. The quantitative estimate of drug-likeness (QED) is 0.937. The van der Waals surface area contributed by atoms with E-state index in [-0.39, 0.29) is 17.0 Å². The maximum atomic E-state index is 5.39. The van der Waals surface area contributed by atoms with Gasteiger partial charge in [-0.25, -0.2) is 4.99 Å². The number of nitrogens with one attached hydrogen (secondary N) is 1. The molecule has 0 saturated carbocycles. The Morgan fingerprint density at radius 2 is 2.00 bits per heavy atom. The van der Waals surface area contributed by atoms with Gasteiger partial charge >= 0.3 is 0 Å². The van der Waals surface area contributed by atoms with Crippen LogP contribution in [0.15, 0.2) is 41.4 Å². The largest absolute Gasteiger partial charge is 0.496 e. The Labute approximate surface area is 128 Å². The Kier molecular flexibility index (Phi) is 4.84. The third-order valence-corrected chi connectivity index (χ3v) is 3.21. The number of ether oxygens (including phenoxy) is 2. The third-order valence-electron chi connectivity index (χ3n) is 3.21. The van der Waals surface area contributed by atoms with Crippen molar-refractivity contribution < 1.29 is 9.47 Å². The van der Waals surface area contributed by atoms with Gasteiger partial charge in [0.15, 0.2) is 0 Å². The molecule has 0 spiro atoms. The number of hydrogen-bond acceptors (Lipinski definition) is 4. The number of benzene rings is 2. The molecule has 2 aromatic rings. The lowest BCUT2D eigenvalue weighted by atomic mass is 10.0. The number of halogens is 1. The lowest BCUT2D eigenvalue weighted by Crippen LogP contribution is -2.22. The van der Waals surface area contributed by atoms with Gasteiger partial charge < -0.3 is 14.8 Å². The normalized spacial score (nSPS) is 13.3. The second-order valence-electron chi connectivity index (χ2n) is 4.36. The van der Waals surface area contributed by atoms with E-state index in [4.69, 9.17) is 9.47 Å². The monoisotopic (exact) mass is 336 g/mol. The number of amidine groups is 1. The Morgan fingerprint density at radius 1 is 1.20 bits per heavy atom. The summed E-state index contributed by atoms with van der Waals surface area (Å²) in [6.07, 6.45) is 0. The fourth-order valence-electron chi connectivity index (χ4n) is 2.28. The highest BCUT2D eigenvalue weighted by Gasteiger charge is 2.09. The van der Waals surface area contributed by atoms with Gasteiger partial charge in [0.1, 0.15) is 12.4 Å². The molecule has 0 radical (unpaired) electrons. The molecule has 0 atom stereocenters. The van der Waals surface area contributed by atoms with Crippen LogP contribution >= 0.6 is 17.0 Å². The summed E-state index contributed by atoms with van der Waals surface area (Å²) in [4.78, 5) is 4.22. The van der Waals surface area contributed by atoms with Crippen molar-refractivity contribution in [2.24, 2.45) is 4.99 Å². The molecule has 0 unspecified atom stereocenters. The molecule has 20 heavy (non-hydrogen) atoms. The summed E-state index contributed by atoms with van der Waals surface area (Å²) in [6.45, 7) is 2.11. The first-order chi connectivity index (χ1) is 9.38. The first kappa shape index (κ1) is 14.7. The summed E-state index contributed by atoms with van der Waals surface area (Å²) >= 11 is 0. The van der Waals surface area contributed by atoms with E-state index >= 15 is 0 Å². The minimum atomic E-state index is 0. The van der Waals surface area contributed by atoms with Crippen LogP contribution in [-0.2, 0) is 11.3 Å². The molecule has 0 fully saturated rings. The zero-order valence-corrected chi connectivity index (χ0v) is 13.0. The molecule has 5 heteroatoms. The van der Waals surface area contributed by atoms with Gasteiger partial charge in [-0.05, 0) is 17.0 Å². The van der Waals surface area contributed by atoms with Gasteiger partial charge in [-0.15, -0.1) is 17.0 Å². The van der Waals surface area contributed by atoms with Crippen LogP contribution in [0.3, 0.4) is 0 Å². The molecule has 0 aliphatic carbocycles. The lowest BCUT2D eigenvalue weighted by molar-refractivity contribution is 0.331. The summed E-state index contributed by atoms with van der Waals surface area (Å²) in [5, 5.41) is 5.53. The van der Waals surface area contributed by atoms with Crippen molar-refractivity contribution in [2.45, 2.75) is 6.54 Å². The van der Waals surface area contributed by atoms with E-state index in [1.807, 2.05) is 18.2 Å². The average Bonchev–Trinajstić information content (AvgIpc) is 2.98. The van der Waals surface area contributed by atoms with E-state index in [1.54, 1.807) is 7.11 Å². The van der Waals surface area contributed by atoms with E-state index in [0.717, 1.165) is 17.7 Å². The van der Waals surface area contributed by atoms with Gasteiger partial charge in [0, 0.05) is 11.9 Å². The first-order valence-corrected chi connectivity index (χ1v) is 6.34. The molecule has 106 valence electrons. The molecule has 2 aromatic carbocycles. The second-order valence-corrected chi connectivity index (χ2v) is 4.36. The van der Waals surface area contributed by atoms with Crippen LogP contribution < -0.4 is 10.1 Å². The van der Waals surface area contributed by atoms with Crippen LogP contribution in [0, 0.1) is 0 Å². The summed E-state index contributed by atoms with van der Waals surface area (Å²) < 4.78 is 10.7. The summed E-state index contributed by atoms with van der Waals surface area (Å²) in [7, 11) is 1.70. The molecule has 3 rings (SSSR count). The van der Waals surface area contributed by atoms with E-state index in [1.165, 1.54) is 10.9 Å². The van der Waals surface area contributed by atoms with Gasteiger partial charge in [-0.3, -0.25) is 0 Å². The van der Waals surface area contributed by atoms with Crippen molar-refractivity contribution in [3.63, 3.8) is 0 Å². The molecular formula is C15H17BrN2O2. The number of rotatable bonds is 3. The van der Waals surface area contributed by atoms with E-state index in [9.17, 15) is 0 Å². The van der Waals surface area contributed by atoms with Crippen LogP contribution in [0.4, 0.5) is 0 Å². The van der Waals surface area contributed by atoms with Crippen molar-refractivity contribution in [3.8, 4) is 5.75 Å². The summed E-state index contributed by atoms with van der Waals surface area (Å²) in [5.41, 5.74) is 1.20. The van der Waals surface area contributed by atoms with E-state index in [0.29, 0.717) is 19.2 Å². The molecule has 1 heterocycles. The highest BCUT2D eigenvalue weighted by atomic mass is 79.9. The van der Waals surface area contributed by atoms with Gasteiger partial charge in [0.2, 0.25) is 0 Å². The number of aliphatic imine (C=N–C) groups is 1. The highest BCUT2D eigenvalue weighted by molar-refractivity contribution is 8.93. The molecule has 0 bridgehead atoms. The fraction of sp³-hybridized carbons (Fsp3) is 0.267. The molecule has 0 saturated heterocycles. The Bertz CT molecular complexity index is 628. The number of methoxy groups -OCH3 is 1. The fourth-order valence-corrected chi connectivity index (χ4v) is 2.28. The smallest absolute Gasteiger partial charge is 0.285 e. The van der Waals surface area contributed by atoms with Crippen LogP contribution in [0.25, 0.3) is 10.8 Å². The minimum Gasteiger partial charge on any atom is -0.496 e. The number of hydrogen-bond donors (Lipinski definition) is 1. The van der Waals surface area contributed by atoms with Crippen LogP contribution in [0.1, 0.15) is 5.56 Å². The van der Waals surface area contributed by atoms with Gasteiger partial charge in [0.25, 0.3) is 6.02 Å². The molecule has 0 aromatic heterocycles. The van der Waals surface area contributed by atoms with Gasteiger partial charge in [-0.2, -0.15) is 0 Å². The second kappa shape index (κ2) is 6.61. The molecule has 4 nitrogen and oxygen atoms in total. The zero-order valence-electron chi connectivity index (χ0n) is 11.3. The van der Waals surface area contributed by atoms with Crippen molar-refractivity contribution in [1.29, 1.82) is 0 Å². The van der Waals surface area contributed by atoms with Gasteiger partial charge in [-0.1, -0.05) is 30.3 Å². The molecule has 1 aliphatic heterocycles. The van der Waals surface area contributed by atoms with Crippen LogP contribution in [0.2, 0.25) is 0 Å². The highest BCUT2D eigenvalue weighted by Crippen LogP contribution is 2.28. The number of fused-ring (bicyclic) bond motifs is 1. The van der Waals surface area contributed by atoms with Crippen LogP contribution in [0.5, 0.6) is 5.75 Å². The van der Waals surface area contributed by atoms with Crippen LogP contribution in [-0.4, -0.2) is 26.3 Å². The molecule has 1 N–H and O–H groups in total. The first-order valence-electron chi connectivity index (χ1n) is 6.34. The van der Waals surface area contributed by atoms with Crippen molar-refractivity contribution in [3.05, 3.63) is 42.0 Å². The van der Waals surface area contributed by atoms with Gasteiger partial charge in [0.05, 0.1) is 13.7 Å². The lowest BCUT2D eigenvalue weighted by Gasteiger charge is -2.11. The molecule has 0 amide bonds. The zero-order chi connectivity index (χ0) is 13.1. The third kappa shape index (κ3) is 2.88. The minimum absolute atomic E-state index is 0. The SMILES string of the molecule is Br.COc1ccc(CNC2=NCCO2)c2ccccc12. The van der Waals surface area contributed by atoms with Crippen molar-refractivity contribution in [1.82, 2.24) is 5.32 Å². The van der Waals surface area contributed by atoms with E-state index < -0.39 is 0 Å². The van der Waals surface area contributed by atoms with E-state index in [2.05, 4.69) is 28.5 Å². The Hall–Kier alpha value is -1.75. The van der Waals surface area contributed by atoms with Crippen molar-refractivity contribution >= 4 is 33.8 Å². The predicted octanol–water partition coefficient (Wildman–Crippen LogP) is 2.90. The Morgan fingerprint density at radius 3 is 2.70 bits per heavy atom. The maximum absolute atomic E-state index is 5.39. The predicted molar refractivity (Wildman–Crippen MR) is 85.9 cm³/mol. The number of nitrogens with zero attached hydrogens (tertiary/aromatic N) is 1. The topological polar surface area (TPSA) is 42.8 Å². The molecular weight excluding hydrogens is 320 g/mol. The summed E-state index contributed by atoms with van der Waals surface area (Å²) in [6, 6.07) is 12.9. The summed E-state index contributed by atoms with van der Waals surface area (Å²) in [5.74, 6) is 0.897. The Balaban J connectivity index is 0.00000147. The standard InChI is InChI=1S/C15H16N2O2.BrH/c1-18-14-7-6-11(10-17-15-16-8-9-19-15)12-4-2-3-5-13(12)14;/h2-7H,8-10H2,1H3,(H,16,17);1H. The maximum Gasteiger partial charge on any atom is 0.285 e.